The zero-order valence-corrected chi connectivity index (χ0v) is 11.6. The van der Waals surface area contributed by atoms with Crippen molar-refractivity contribution < 1.29 is 18.8 Å². The minimum absolute atomic E-state index is 0.115. The molecule has 1 atom stereocenters. The second kappa shape index (κ2) is 5.69. The molecular weight excluding hydrogens is 266 g/mol. The fraction of sp³-hybridized carbons (Fsp3) is 0.538. The molecule has 0 spiro atoms. The lowest BCUT2D eigenvalue weighted by molar-refractivity contribution is -0.138. The van der Waals surface area contributed by atoms with E-state index < -0.39 is 16.8 Å². The maximum atomic E-state index is 12.1. The van der Waals surface area contributed by atoms with Gasteiger partial charge in [0.2, 0.25) is 5.88 Å². The molecule has 0 aliphatic heterocycles. The number of hydrogen-bond donors (Lipinski definition) is 1. The SMILES string of the molecule is COc1cccc(CS(=O)CC2(CC(=O)O)CC2)n1. The lowest BCUT2D eigenvalue weighted by atomic mass is 10.1. The van der Waals surface area contributed by atoms with Gasteiger partial charge in [-0.1, -0.05) is 6.07 Å². The predicted octanol–water partition coefficient (Wildman–Crippen LogP) is 1.59. The Morgan fingerprint density at radius 2 is 2.26 bits per heavy atom. The topological polar surface area (TPSA) is 76.5 Å². The smallest absolute Gasteiger partial charge is 0.303 e. The summed E-state index contributed by atoms with van der Waals surface area (Å²) in [6.45, 7) is 0. The Kier molecular flexibility index (Phi) is 4.19. The summed E-state index contributed by atoms with van der Waals surface area (Å²) in [5.41, 5.74) is 0.471. The van der Waals surface area contributed by atoms with E-state index in [2.05, 4.69) is 4.98 Å². The third-order valence-electron chi connectivity index (χ3n) is 3.25. The summed E-state index contributed by atoms with van der Waals surface area (Å²) in [5.74, 6) is 0.478. The van der Waals surface area contributed by atoms with E-state index in [4.69, 9.17) is 9.84 Å². The van der Waals surface area contributed by atoms with Crippen LogP contribution in [0.1, 0.15) is 25.0 Å². The van der Waals surface area contributed by atoms with Gasteiger partial charge in [0.1, 0.15) is 0 Å². The van der Waals surface area contributed by atoms with Crippen molar-refractivity contribution in [3.8, 4) is 5.88 Å². The first-order valence-electron chi connectivity index (χ1n) is 6.10. The minimum Gasteiger partial charge on any atom is -0.481 e. The van der Waals surface area contributed by atoms with Crippen LogP contribution < -0.4 is 4.74 Å². The molecule has 5 nitrogen and oxygen atoms in total. The van der Waals surface area contributed by atoms with E-state index in [1.807, 2.05) is 6.07 Å². The molecule has 6 heteroatoms. The molecule has 0 amide bonds. The minimum atomic E-state index is -1.09. The number of carboxylic acids is 1. The molecule has 1 N–H and O–H groups in total. The average molecular weight is 283 g/mol. The summed E-state index contributed by atoms with van der Waals surface area (Å²) in [4.78, 5) is 15.0. The zero-order chi connectivity index (χ0) is 13.9. The largest absolute Gasteiger partial charge is 0.481 e. The number of hydrogen-bond acceptors (Lipinski definition) is 4. The number of nitrogens with zero attached hydrogens (tertiary/aromatic N) is 1. The van der Waals surface area contributed by atoms with E-state index in [9.17, 15) is 9.00 Å². The molecule has 1 unspecified atom stereocenters. The molecule has 1 heterocycles. The van der Waals surface area contributed by atoms with Crippen molar-refractivity contribution in [3.63, 3.8) is 0 Å². The van der Waals surface area contributed by atoms with Crippen LogP contribution in [0.3, 0.4) is 0 Å². The molecule has 0 saturated heterocycles. The van der Waals surface area contributed by atoms with Crippen LogP contribution >= 0.6 is 0 Å². The van der Waals surface area contributed by atoms with Crippen LogP contribution in [-0.4, -0.2) is 33.1 Å². The summed E-state index contributed by atoms with van der Waals surface area (Å²) in [7, 11) is 0.451. The number of aliphatic carboxylic acids is 1. The molecule has 19 heavy (non-hydrogen) atoms. The van der Waals surface area contributed by atoms with Gasteiger partial charge in [-0.25, -0.2) is 4.98 Å². The van der Waals surface area contributed by atoms with E-state index in [1.165, 1.54) is 7.11 Å². The van der Waals surface area contributed by atoms with Crippen molar-refractivity contribution in [2.24, 2.45) is 5.41 Å². The number of carboxylic acid groups (broad SMARTS) is 1. The quantitative estimate of drug-likeness (QED) is 0.822. The zero-order valence-electron chi connectivity index (χ0n) is 10.8. The molecule has 0 aromatic carbocycles. The van der Waals surface area contributed by atoms with E-state index in [1.54, 1.807) is 12.1 Å². The number of carbonyl (C=O) groups is 1. The van der Waals surface area contributed by atoms with Crippen molar-refractivity contribution in [1.82, 2.24) is 4.98 Å². The number of rotatable bonds is 7. The molecule has 2 rings (SSSR count). The number of pyridine rings is 1. The van der Waals surface area contributed by atoms with Gasteiger partial charge in [0.15, 0.2) is 0 Å². The maximum Gasteiger partial charge on any atom is 0.303 e. The van der Waals surface area contributed by atoms with Crippen molar-refractivity contribution >= 4 is 16.8 Å². The van der Waals surface area contributed by atoms with Crippen molar-refractivity contribution in [2.75, 3.05) is 12.9 Å². The Bertz CT molecular complexity index is 499. The molecule has 1 aliphatic rings. The Hall–Kier alpha value is -1.43. The van der Waals surface area contributed by atoms with Gasteiger partial charge in [0.25, 0.3) is 0 Å². The molecule has 1 aromatic rings. The van der Waals surface area contributed by atoms with E-state index in [0.717, 1.165) is 12.8 Å². The molecule has 1 aliphatic carbocycles. The second-order valence-corrected chi connectivity index (χ2v) is 6.43. The first kappa shape index (κ1) is 14.0. The lowest BCUT2D eigenvalue weighted by Gasteiger charge is -2.11. The van der Waals surface area contributed by atoms with Crippen LogP contribution in [0.25, 0.3) is 0 Å². The van der Waals surface area contributed by atoms with Crippen molar-refractivity contribution in [1.29, 1.82) is 0 Å². The fourth-order valence-electron chi connectivity index (χ4n) is 2.08. The van der Waals surface area contributed by atoms with Crippen LogP contribution in [0.5, 0.6) is 5.88 Å². The highest BCUT2D eigenvalue weighted by molar-refractivity contribution is 7.84. The van der Waals surface area contributed by atoms with Gasteiger partial charge < -0.3 is 9.84 Å². The van der Waals surface area contributed by atoms with Crippen LogP contribution in [0.2, 0.25) is 0 Å². The number of aromatic nitrogens is 1. The second-order valence-electron chi connectivity index (χ2n) is 4.97. The van der Waals surface area contributed by atoms with Crippen molar-refractivity contribution in [3.05, 3.63) is 23.9 Å². The van der Waals surface area contributed by atoms with E-state index >= 15 is 0 Å². The molecule has 1 saturated carbocycles. The van der Waals surface area contributed by atoms with Gasteiger partial charge in [0.05, 0.1) is 25.0 Å². The Balaban J connectivity index is 1.92. The average Bonchev–Trinajstić information content (AvgIpc) is 3.07. The van der Waals surface area contributed by atoms with Crippen LogP contribution in [0, 0.1) is 5.41 Å². The first-order valence-corrected chi connectivity index (χ1v) is 7.58. The summed E-state index contributed by atoms with van der Waals surface area (Å²) in [6.07, 6.45) is 1.83. The van der Waals surface area contributed by atoms with Crippen LogP contribution in [0.4, 0.5) is 0 Å². The van der Waals surface area contributed by atoms with Gasteiger partial charge in [0, 0.05) is 22.6 Å². The predicted molar refractivity (Wildman–Crippen MR) is 71.4 cm³/mol. The molecule has 0 radical (unpaired) electrons. The highest BCUT2D eigenvalue weighted by Crippen LogP contribution is 2.49. The van der Waals surface area contributed by atoms with E-state index in [0.29, 0.717) is 23.1 Å². The normalized spacial score (nSPS) is 17.7. The molecule has 104 valence electrons. The summed E-state index contributed by atoms with van der Waals surface area (Å²) in [5, 5.41) is 8.83. The van der Waals surface area contributed by atoms with Crippen LogP contribution in [-0.2, 0) is 21.3 Å². The Morgan fingerprint density at radius 3 is 2.84 bits per heavy atom. The summed E-state index contributed by atoms with van der Waals surface area (Å²) >= 11 is 0. The summed E-state index contributed by atoms with van der Waals surface area (Å²) in [6, 6.07) is 5.35. The monoisotopic (exact) mass is 283 g/mol. The van der Waals surface area contributed by atoms with Gasteiger partial charge >= 0.3 is 5.97 Å². The van der Waals surface area contributed by atoms with Gasteiger partial charge in [-0.2, -0.15) is 0 Å². The standard InChI is InChI=1S/C13H17NO4S/c1-18-11-4-2-3-10(14-11)8-19(17)9-13(5-6-13)7-12(15)16/h2-4H,5-9H2,1H3,(H,15,16). The molecule has 1 aromatic heterocycles. The number of ether oxygens (including phenoxy) is 1. The Morgan fingerprint density at radius 1 is 1.53 bits per heavy atom. The van der Waals surface area contributed by atoms with Gasteiger partial charge in [-0.05, 0) is 24.3 Å². The Labute approximate surface area is 114 Å². The maximum absolute atomic E-state index is 12.1. The summed E-state index contributed by atoms with van der Waals surface area (Å²) < 4.78 is 17.1. The molecule has 0 bridgehead atoms. The van der Waals surface area contributed by atoms with Crippen molar-refractivity contribution in [2.45, 2.75) is 25.0 Å². The van der Waals surface area contributed by atoms with E-state index in [-0.39, 0.29) is 11.8 Å². The number of methoxy groups -OCH3 is 1. The first-order chi connectivity index (χ1) is 9.03. The molecule has 1 fully saturated rings. The molecular formula is C13H17NO4S. The third-order valence-corrected chi connectivity index (χ3v) is 4.80. The van der Waals surface area contributed by atoms with Crippen LogP contribution in [0.15, 0.2) is 18.2 Å². The lowest BCUT2D eigenvalue weighted by Crippen LogP contribution is -2.17. The van der Waals surface area contributed by atoms with Gasteiger partial charge in [-0.15, -0.1) is 0 Å². The highest BCUT2D eigenvalue weighted by atomic mass is 32.2. The highest BCUT2D eigenvalue weighted by Gasteiger charge is 2.45. The third kappa shape index (κ3) is 4.02. The van der Waals surface area contributed by atoms with Gasteiger partial charge in [-0.3, -0.25) is 9.00 Å². The fourth-order valence-corrected chi connectivity index (χ4v) is 3.75.